The van der Waals surface area contributed by atoms with Gasteiger partial charge in [0, 0.05) is 11.5 Å². The summed E-state index contributed by atoms with van der Waals surface area (Å²) in [4.78, 5) is 11.0. The normalized spacial score (nSPS) is 32.2. The number of fused-ring (bicyclic) bond motifs is 1. The Morgan fingerprint density at radius 2 is 2.24 bits per heavy atom. The molecular weight excluding hydrogens is 212 g/mol. The van der Waals surface area contributed by atoms with Crippen LogP contribution < -0.4 is 0 Å². The number of hydrogen-bond donors (Lipinski definition) is 1. The summed E-state index contributed by atoms with van der Waals surface area (Å²) >= 11 is 0. The van der Waals surface area contributed by atoms with E-state index in [0.717, 1.165) is 19.3 Å². The fraction of sp³-hybridized carbons (Fsp3) is 0.533. The maximum Gasteiger partial charge on any atom is 0.331 e. The van der Waals surface area contributed by atoms with Crippen LogP contribution in [0, 0.1) is 11.3 Å². The molecule has 0 unspecified atom stereocenters. The number of hydrogen-bond acceptors (Lipinski definition) is 1. The summed E-state index contributed by atoms with van der Waals surface area (Å²) in [5.41, 5.74) is 3.26. The van der Waals surface area contributed by atoms with Crippen LogP contribution in [-0.4, -0.2) is 11.1 Å². The number of rotatable bonds is 2. The lowest BCUT2D eigenvalue weighted by Gasteiger charge is -2.41. The molecule has 2 aliphatic carbocycles. The van der Waals surface area contributed by atoms with Gasteiger partial charge in [0.05, 0.1) is 0 Å². The van der Waals surface area contributed by atoms with Crippen LogP contribution in [0.15, 0.2) is 35.5 Å². The lowest BCUT2D eigenvalue weighted by Crippen LogP contribution is -2.29. The Bertz CT molecular complexity index is 428. The van der Waals surface area contributed by atoms with Crippen molar-refractivity contribution >= 4 is 5.97 Å². The molecule has 2 atom stereocenters. The first-order valence-corrected chi connectivity index (χ1v) is 6.25. The second-order valence-corrected chi connectivity index (χ2v) is 5.54. The minimum atomic E-state index is -0.868. The molecule has 0 aromatic heterocycles. The number of aliphatic carboxylic acids is 1. The van der Waals surface area contributed by atoms with E-state index in [1.54, 1.807) is 0 Å². The van der Waals surface area contributed by atoms with Gasteiger partial charge in [-0.05, 0) is 43.6 Å². The monoisotopic (exact) mass is 232 g/mol. The van der Waals surface area contributed by atoms with Crippen LogP contribution in [0.25, 0.3) is 0 Å². The Morgan fingerprint density at radius 1 is 1.53 bits per heavy atom. The molecule has 0 aromatic carbocycles. The first kappa shape index (κ1) is 12.2. The smallest absolute Gasteiger partial charge is 0.331 e. The molecule has 1 N–H and O–H groups in total. The number of allylic oxidation sites excluding steroid dienone is 4. The van der Waals surface area contributed by atoms with Gasteiger partial charge in [-0.1, -0.05) is 31.2 Å². The van der Waals surface area contributed by atoms with Gasteiger partial charge < -0.3 is 5.11 Å². The second-order valence-electron chi connectivity index (χ2n) is 5.54. The molecule has 0 radical (unpaired) electrons. The van der Waals surface area contributed by atoms with Gasteiger partial charge in [0.1, 0.15) is 0 Å². The Morgan fingerprint density at radius 3 is 2.88 bits per heavy atom. The van der Waals surface area contributed by atoms with Crippen LogP contribution in [-0.2, 0) is 4.79 Å². The molecule has 0 amide bonds. The molecule has 0 saturated carbocycles. The molecule has 0 aromatic rings. The lowest BCUT2D eigenvalue weighted by atomic mass is 9.63. The van der Waals surface area contributed by atoms with E-state index in [0.29, 0.717) is 5.57 Å². The van der Waals surface area contributed by atoms with E-state index in [1.165, 1.54) is 17.6 Å². The summed E-state index contributed by atoms with van der Waals surface area (Å²) in [6, 6.07) is 0. The quantitative estimate of drug-likeness (QED) is 0.737. The molecule has 0 aliphatic heterocycles. The van der Waals surface area contributed by atoms with Crippen molar-refractivity contribution in [1.29, 1.82) is 0 Å². The van der Waals surface area contributed by atoms with Gasteiger partial charge in [0.15, 0.2) is 0 Å². The SMILES string of the molecule is C=C(C(=O)O)[C@H]1C=C2C(C)=CCC[C@@]2(C)CC1. The van der Waals surface area contributed by atoms with E-state index < -0.39 is 5.97 Å². The van der Waals surface area contributed by atoms with E-state index in [9.17, 15) is 4.79 Å². The van der Waals surface area contributed by atoms with Crippen LogP contribution in [0.2, 0.25) is 0 Å². The maximum absolute atomic E-state index is 11.0. The summed E-state index contributed by atoms with van der Waals surface area (Å²) in [6.45, 7) is 8.13. The first-order chi connectivity index (χ1) is 7.94. The highest BCUT2D eigenvalue weighted by Crippen LogP contribution is 2.49. The predicted molar refractivity (Wildman–Crippen MR) is 68.7 cm³/mol. The molecule has 17 heavy (non-hydrogen) atoms. The van der Waals surface area contributed by atoms with Crippen molar-refractivity contribution < 1.29 is 9.90 Å². The van der Waals surface area contributed by atoms with Gasteiger partial charge in [-0.25, -0.2) is 4.79 Å². The molecule has 0 spiro atoms. The average Bonchev–Trinajstić information content (AvgIpc) is 2.27. The van der Waals surface area contributed by atoms with Crippen LogP contribution in [0.1, 0.15) is 39.5 Å². The van der Waals surface area contributed by atoms with E-state index in [1.807, 2.05) is 0 Å². The zero-order valence-corrected chi connectivity index (χ0v) is 10.6. The zero-order valence-electron chi connectivity index (χ0n) is 10.6. The molecule has 0 heterocycles. The van der Waals surface area contributed by atoms with Crippen molar-refractivity contribution in [1.82, 2.24) is 0 Å². The van der Waals surface area contributed by atoms with Crippen LogP contribution in [0.3, 0.4) is 0 Å². The predicted octanol–water partition coefficient (Wildman–Crippen LogP) is 3.71. The zero-order chi connectivity index (χ0) is 12.6. The second kappa shape index (κ2) is 4.17. The van der Waals surface area contributed by atoms with Gasteiger partial charge >= 0.3 is 5.97 Å². The standard InChI is InChI=1S/C15H20O2/c1-10-5-4-7-15(3)8-6-12(9-13(10)15)11(2)14(16)17/h5,9,12H,2,4,6-8H2,1,3H3,(H,16,17)/t12-,15+/m1/s1. The number of carbonyl (C=O) groups is 1. The average molecular weight is 232 g/mol. The molecule has 0 fully saturated rings. The molecule has 2 aliphatic rings. The van der Waals surface area contributed by atoms with Gasteiger partial charge in [-0.15, -0.1) is 0 Å². The largest absolute Gasteiger partial charge is 0.478 e. The van der Waals surface area contributed by atoms with E-state index >= 15 is 0 Å². The third kappa shape index (κ3) is 2.08. The maximum atomic E-state index is 11.0. The Balaban J connectivity index is 2.34. The number of carboxylic acid groups (broad SMARTS) is 1. The molecular formula is C15H20O2. The molecule has 0 bridgehead atoms. The van der Waals surface area contributed by atoms with E-state index in [2.05, 4.69) is 32.6 Å². The minimum absolute atomic E-state index is 0.0111. The van der Waals surface area contributed by atoms with Crippen molar-refractivity contribution in [2.45, 2.75) is 39.5 Å². The molecule has 2 rings (SSSR count). The van der Waals surface area contributed by atoms with Gasteiger partial charge in [-0.2, -0.15) is 0 Å². The fourth-order valence-electron chi connectivity index (χ4n) is 3.11. The Labute approximate surface area is 103 Å². The number of carboxylic acids is 1. The van der Waals surface area contributed by atoms with E-state index in [-0.39, 0.29) is 11.3 Å². The topological polar surface area (TPSA) is 37.3 Å². The summed E-state index contributed by atoms with van der Waals surface area (Å²) in [6.07, 6.45) is 8.72. The Kier molecular flexibility index (Phi) is 2.98. The van der Waals surface area contributed by atoms with Crippen molar-refractivity contribution in [3.05, 3.63) is 35.5 Å². The molecule has 2 heteroatoms. The van der Waals surface area contributed by atoms with Gasteiger partial charge in [0.25, 0.3) is 0 Å². The summed E-state index contributed by atoms with van der Waals surface area (Å²) in [5.74, 6) is -0.857. The minimum Gasteiger partial charge on any atom is -0.478 e. The van der Waals surface area contributed by atoms with Crippen molar-refractivity contribution in [3.63, 3.8) is 0 Å². The fourth-order valence-corrected chi connectivity index (χ4v) is 3.11. The van der Waals surface area contributed by atoms with Crippen LogP contribution in [0.5, 0.6) is 0 Å². The first-order valence-electron chi connectivity index (χ1n) is 6.25. The third-order valence-electron chi connectivity index (χ3n) is 4.32. The van der Waals surface area contributed by atoms with Crippen molar-refractivity contribution in [2.24, 2.45) is 11.3 Å². The van der Waals surface area contributed by atoms with Crippen molar-refractivity contribution in [3.8, 4) is 0 Å². The van der Waals surface area contributed by atoms with Crippen LogP contribution in [0.4, 0.5) is 0 Å². The molecule has 2 nitrogen and oxygen atoms in total. The van der Waals surface area contributed by atoms with Crippen LogP contribution >= 0.6 is 0 Å². The van der Waals surface area contributed by atoms with Gasteiger partial charge in [0.2, 0.25) is 0 Å². The lowest BCUT2D eigenvalue weighted by molar-refractivity contribution is -0.133. The van der Waals surface area contributed by atoms with E-state index in [4.69, 9.17) is 5.11 Å². The third-order valence-corrected chi connectivity index (χ3v) is 4.32. The highest BCUT2D eigenvalue weighted by atomic mass is 16.4. The highest BCUT2D eigenvalue weighted by molar-refractivity contribution is 5.87. The molecule has 92 valence electrons. The highest BCUT2D eigenvalue weighted by Gasteiger charge is 2.36. The summed E-state index contributed by atoms with van der Waals surface area (Å²) < 4.78 is 0. The summed E-state index contributed by atoms with van der Waals surface area (Å²) in [5, 5.41) is 9.02. The summed E-state index contributed by atoms with van der Waals surface area (Å²) in [7, 11) is 0. The van der Waals surface area contributed by atoms with Gasteiger partial charge in [-0.3, -0.25) is 0 Å². The Hall–Kier alpha value is -1.31. The van der Waals surface area contributed by atoms with Crippen molar-refractivity contribution in [2.75, 3.05) is 0 Å². The molecule has 0 saturated heterocycles.